The van der Waals surface area contributed by atoms with Crippen LogP contribution in [0.5, 0.6) is 0 Å². The molecule has 6 rings (SSSR count). The van der Waals surface area contributed by atoms with Crippen LogP contribution < -0.4 is 0 Å². The standard InChI is InChI=1S/C41H60N2O9/c1-24(27-13-10-9-11-14-27)33(45)37(48)51-28-22-41(49)26(3)35-39(6)23-50-29(39)21-30(52-31(44)15-12-16-43-19-17-42(8)18-20-43)40(35,7)36(47)34(46)32(25(28)2)38(41,4)5/h9-11,13-14,24,26,28-30,33-35,45-46,49H,12,15-23H2,1-8H3/t24-,26-,28-,29+,30-,33+,34+,35?,39+,40+,41+/m0/s1. The largest absolute Gasteiger partial charge is 0.461 e. The molecule has 2 saturated heterocycles. The lowest BCUT2D eigenvalue weighted by atomic mass is 9.40. The molecule has 3 N–H and O–H groups in total. The molecule has 0 radical (unpaired) electrons. The molecule has 11 nitrogen and oxygen atoms in total. The maximum Gasteiger partial charge on any atom is 0.336 e. The quantitative estimate of drug-likeness (QED) is 0.254. The summed E-state index contributed by atoms with van der Waals surface area (Å²) in [5, 5.41) is 36.4. The van der Waals surface area contributed by atoms with Gasteiger partial charge in [-0.15, -0.1) is 0 Å². The number of carbonyl (C=O) groups is 3. The predicted octanol–water partition coefficient (Wildman–Crippen LogP) is 3.49. The van der Waals surface area contributed by atoms with Gasteiger partial charge in [-0.1, -0.05) is 65.0 Å². The van der Waals surface area contributed by atoms with Crippen LogP contribution in [-0.4, -0.2) is 125 Å². The van der Waals surface area contributed by atoms with Crippen molar-refractivity contribution in [3.63, 3.8) is 0 Å². The SMILES string of the molecule is CC1=C2[C@@H](O)C(=O)[C@@]3(C)C([C@H](C)[C@](O)(C[C@@H]1OC(=O)[C@H](O)[C@@H](C)c1ccccc1)C2(C)C)[C@]1(C)CO[C@@H]1C[C@@H]3OC(=O)CCCN1CCN(C)CC1. The topological polar surface area (TPSA) is 146 Å². The Labute approximate surface area is 308 Å². The average Bonchev–Trinajstić information content (AvgIpc) is 3.10. The lowest BCUT2D eigenvalue weighted by molar-refractivity contribution is -0.303. The van der Waals surface area contributed by atoms with Crippen molar-refractivity contribution in [1.82, 2.24) is 9.80 Å². The first-order valence-corrected chi connectivity index (χ1v) is 19.2. The molecule has 1 unspecified atom stereocenters. The number of fused-ring (bicyclic) bond motifs is 5. The zero-order valence-corrected chi connectivity index (χ0v) is 32.3. The molecule has 5 aliphatic rings. The first-order chi connectivity index (χ1) is 24.4. The highest BCUT2D eigenvalue weighted by Crippen LogP contribution is 2.67. The van der Waals surface area contributed by atoms with E-state index < -0.39 is 75.8 Å². The van der Waals surface area contributed by atoms with Gasteiger partial charge in [0.2, 0.25) is 0 Å². The number of hydrogen-bond acceptors (Lipinski definition) is 11. The number of esters is 2. The van der Waals surface area contributed by atoms with Gasteiger partial charge in [0.05, 0.1) is 23.7 Å². The summed E-state index contributed by atoms with van der Waals surface area (Å²) < 4.78 is 18.4. The maximum absolute atomic E-state index is 15.0. The number of rotatable bonds is 9. The third-order valence-corrected chi connectivity index (χ3v) is 14.3. The van der Waals surface area contributed by atoms with Crippen LogP contribution in [0.25, 0.3) is 0 Å². The first-order valence-electron chi connectivity index (χ1n) is 19.2. The van der Waals surface area contributed by atoms with Crippen molar-refractivity contribution in [1.29, 1.82) is 0 Å². The molecular formula is C41H60N2O9. The Bertz CT molecular complexity index is 1560. The van der Waals surface area contributed by atoms with E-state index in [1.54, 1.807) is 20.8 Å². The lowest BCUT2D eigenvalue weighted by Gasteiger charge is -2.68. The van der Waals surface area contributed by atoms with E-state index in [2.05, 4.69) is 23.8 Å². The van der Waals surface area contributed by atoms with Crippen LogP contribution in [0, 0.1) is 28.1 Å². The average molecular weight is 725 g/mol. The lowest BCUT2D eigenvalue weighted by Crippen LogP contribution is -2.75. The highest BCUT2D eigenvalue weighted by molar-refractivity contribution is 5.93. The van der Waals surface area contributed by atoms with E-state index in [-0.39, 0.29) is 24.9 Å². The van der Waals surface area contributed by atoms with Gasteiger partial charge in [-0.3, -0.25) is 9.59 Å². The highest BCUT2D eigenvalue weighted by atomic mass is 16.6. The molecule has 2 aliphatic heterocycles. The summed E-state index contributed by atoms with van der Waals surface area (Å²) in [5.74, 6) is -3.39. The second-order valence-corrected chi connectivity index (χ2v) is 17.5. The number of aliphatic hydroxyl groups excluding tert-OH is 2. The number of Topliss-reactive ketones (excluding diaryl/α,β-unsaturated/α-hetero) is 1. The van der Waals surface area contributed by atoms with Crippen molar-refractivity contribution >= 4 is 17.7 Å². The Morgan fingerprint density at radius 2 is 1.71 bits per heavy atom. The van der Waals surface area contributed by atoms with Crippen LogP contribution in [0.4, 0.5) is 0 Å². The monoisotopic (exact) mass is 724 g/mol. The van der Waals surface area contributed by atoms with Crippen molar-refractivity contribution in [2.45, 2.75) is 116 Å². The van der Waals surface area contributed by atoms with Crippen LogP contribution >= 0.6 is 0 Å². The minimum absolute atomic E-state index is 0.000514. The Hall–Kier alpha value is -2.67. The fourth-order valence-electron chi connectivity index (χ4n) is 10.8. The van der Waals surface area contributed by atoms with Crippen LogP contribution in [0.3, 0.4) is 0 Å². The van der Waals surface area contributed by atoms with E-state index in [0.717, 1.165) is 38.3 Å². The Morgan fingerprint density at radius 3 is 2.33 bits per heavy atom. The minimum Gasteiger partial charge on any atom is -0.461 e. The second-order valence-electron chi connectivity index (χ2n) is 17.5. The number of benzene rings is 1. The zero-order valence-electron chi connectivity index (χ0n) is 32.3. The van der Waals surface area contributed by atoms with E-state index in [1.165, 1.54) is 0 Å². The molecule has 3 aliphatic carbocycles. The number of ether oxygens (including phenoxy) is 3. The van der Waals surface area contributed by atoms with Gasteiger partial charge in [0.1, 0.15) is 18.3 Å². The van der Waals surface area contributed by atoms with Crippen LogP contribution in [0.2, 0.25) is 0 Å². The predicted molar refractivity (Wildman–Crippen MR) is 194 cm³/mol. The number of likely N-dealkylation sites (N-methyl/N-ethyl adjacent to an activating group) is 1. The number of carbonyl (C=O) groups excluding carboxylic acids is 3. The van der Waals surface area contributed by atoms with Gasteiger partial charge in [0.15, 0.2) is 11.9 Å². The molecule has 52 heavy (non-hydrogen) atoms. The molecule has 2 heterocycles. The molecule has 11 heteroatoms. The number of aliphatic hydroxyl groups is 3. The number of nitrogens with zero attached hydrogens (tertiary/aromatic N) is 2. The smallest absolute Gasteiger partial charge is 0.336 e. The molecule has 0 spiro atoms. The summed E-state index contributed by atoms with van der Waals surface area (Å²) in [6, 6.07) is 9.20. The first kappa shape index (κ1) is 39.0. The summed E-state index contributed by atoms with van der Waals surface area (Å²) in [7, 11) is 2.11. The second kappa shape index (κ2) is 14.2. The summed E-state index contributed by atoms with van der Waals surface area (Å²) in [6.45, 7) is 18.0. The van der Waals surface area contributed by atoms with Gasteiger partial charge in [0.25, 0.3) is 0 Å². The maximum atomic E-state index is 15.0. The molecule has 288 valence electrons. The van der Waals surface area contributed by atoms with Crippen LogP contribution in [0.15, 0.2) is 41.5 Å². The fourth-order valence-corrected chi connectivity index (χ4v) is 10.8. The summed E-state index contributed by atoms with van der Waals surface area (Å²) in [5.41, 5.74) is -3.03. The molecule has 4 fully saturated rings. The summed E-state index contributed by atoms with van der Waals surface area (Å²) >= 11 is 0. The van der Waals surface area contributed by atoms with Crippen molar-refractivity contribution in [2.24, 2.45) is 28.1 Å². The third kappa shape index (κ3) is 6.27. The summed E-state index contributed by atoms with van der Waals surface area (Å²) in [6.07, 6.45) is -4.13. The van der Waals surface area contributed by atoms with Crippen molar-refractivity contribution < 1.29 is 43.9 Å². The Balaban J connectivity index is 1.30. The minimum atomic E-state index is -1.66. The van der Waals surface area contributed by atoms with E-state index in [4.69, 9.17) is 14.2 Å². The summed E-state index contributed by atoms with van der Waals surface area (Å²) in [4.78, 5) is 46.7. The fraction of sp³-hybridized carbons (Fsp3) is 0.732. The molecule has 0 aromatic heterocycles. The Kier molecular flexibility index (Phi) is 10.7. The van der Waals surface area contributed by atoms with Gasteiger partial charge in [-0.25, -0.2) is 4.79 Å². The molecule has 0 amide bonds. The van der Waals surface area contributed by atoms with Crippen LogP contribution in [0.1, 0.15) is 85.6 Å². The van der Waals surface area contributed by atoms with Gasteiger partial charge in [-0.05, 0) is 62.4 Å². The van der Waals surface area contributed by atoms with Crippen molar-refractivity contribution in [3.8, 4) is 0 Å². The van der Waals surface area contributed by atoms with E-state index >= 15 is 4.79 Å². The molecule has 1 aromatic rings. The molecule has 2 saturated carbocycles. The van der Waals surface area contributed by atoms with E-state index in [1.807, 2.05) is 51.1 Å². The molecular weight excluding hydrogens is 664 g/mol. The number of ketones is 1. The number of hydrogen-bond donors (Lipinski definition) is 3. The van der Waals surface area contributed by atoms with Gasteiger partial charge >= 0.3 is 11.9 Å². The van der Waals surface area contributed by atoms with E-state index in [0.29, 0.717) is 30.6 Å². The van der Waals surface area contributed by atoms with Gasteiger partial charge in [0, 0.05) is 62.2 Å². The zero-order chi connectivity index (χ0) is 38.0. The van der Waals surface area contributed by atoms with Gasteiger partial charge in [-0.2, -0.15) is 0 Å². The van der Waals surface area contributed by atoms with E-state index in [9.17, 15) is 24.9 Å². The molecule has 2 bridgehead atoms. The van der Waals surface area contributed by atoms with Crippen LogP contribution in [-0.2, 0) is 28.6 Å². The highest BCUT2D eigenvalue weighted by Gasteiger charge is 2.73. The number of piperazine rings is 1. The van der Waals surface area contributed by atoms with Crippen molar-refractivity contribution in [3.05, 3.63) is 47.0 Å². The third-order valence-electron chi connectivity index (χ3n) is 14.3. The molecule has 1 aromatic carbocycles. The Morgan fingerprint density at radius 1 is 1.06 bits per heavy atom. The molecule has 11 atom stereocenters. The normalized spacial score (nSPS) is 38.9. The van der Waals surface area contributed by atoms with Gasteiger partial charge < -0.3 is 39.3 Å². The van der Waals surface area contributed by atoms with Crippen molar-refractivity contribution in [2.75, 3.05) is 46.4 Å².